The summed E-state index contributed by atoms with van der Waals surface area (Å²) in [6.07, 6.45) is -0.852. The van der Waals surface area contributed by atoms with Crippen molar-refractivity contribution in [2.75, 3.05) is 32.9 Å². The Hall–Kier alpha value is -3.06. The van der Waals surface area contributed by atoms with Crippen molar-refractivity contribution in [1.29, 1.82) is 0 Å². The fourth-order valence-electron chi connectivity index (χ4n) is 3.26. The van der Waals surface area contributed by atoms with Gasteiger partial charge in [0.25, 0.3) is 5.91 Å². The first-order chi connectivity index (χ1) is 13.6. The minimum atomic E-state index is -0.852. The number of hydrogen-bond acceptors (Lipinski definition) is 6. The highest BCUT2D eigenvalue weighted by molar-refractivity contribution is 6.05. The third-order valence-electron chi connectivity index (χ3n) is 4.68. The molecule has 1 fully saturated rings. The predicted molar refractivity (Wildman–Crippen MR) is 102 cm³/mol. The average Bonchev–Trinajstić information content (AvgIpc) is 3.10. The first-order valence-corrected chi connectivity index (χ1v) is 9.22. The molecule has 0 spiro atoms. The highest BCUT2D eigenvalue weighted by Gasteiger charge is 2.25. The van der Waals surface area contributed by atoms with E-state index >= 15 is 0 Å². The summed E-state index contributed by atoms with van der Waals surface area (Å²) in [5.41, 5.74) is 1.55. The Morgan fingerprint density at radius 2 is 1.82 bits per heavy atom. The Labute approximate surface area is 161 Å². The van der Waals surface area contributed by atoms with E-state index in [-0.39, 0.29) is 12.5 Å². The monoisotopic (exact) mass is 383 g/mol. The summed E-state index contributed by atoms with van der Waals surface area (Å²) in [4.78, 5) is 26.0. The maximum Gasteiger partial charge on any atom is 0.344 e. The summed E-state index contributed by atoms with van der Waals surface area (Å²) in [5, 5.41) is 1.90. The number of furan rings is 1. The van der Waals surface area contributed by atoms with Crippen LogP contribution in [-0.2, 0) is 19.1 Å². The molecule has 3 aromatic rings. The molecule has 1 atom stereocenters. The van der Waals surface area contributed by atoms with Gasteiger partial charge in [0.05, 0.1) is 13.2 Å². The maximum atomic E-state index is 12.3. The second-order valence-corrected chi connectivity index (χ2v) is 6.61. The molecule has 7 nitrogen and oxygen atoms in total. The van der Waals surface area contributed by atoms with E-state index in [4.69, 9.17) is 18.6 Å². The van der Waals surface area contributed by atoms with E-state index in [0.717, 1.165) is 21.9 Å². The van der Waals surface area contributed by atoms with Gasteiger partial charge in [0.1, 0.15) is 16.9 Å². The summed E-state index contributed by atoms with van der Waals surface area (Å²) < 4.78 is 21.8. The third-order valence-corrected chi connectivity index (χ3v) is 4.68. The number of para-hydroxylation sites is 1. The molecule has 1 aliphatic heterocycles. The third kappa shape index (κ3) is 3.80. The average molecular weight is 383 g/mol. The van der Waals surface area contributed by atoms with Crippen LogP contribution >= 0.6 is 0 Å². The van der Waals surface area contributed by atoms with Crippen molar-refractivity contribution < 1.29 is 28.2 Å². The Bertz CT molecular complexity index is 1000. The van der Waals surface area contributed by atoms with E-state index < -0.39 is 12.1 Å². The van der Waals surface area contributed by atoms with Crippen LogP contribution in [0.4, 0.5) is 0 Å². The molecular formula is C21H21NO6. The van der Waals surface area contributed by atoms with E-state index in [1.807, 2.05) is 30.3 Å². The quantitative estimate of drug-likeness (QED) is 0.631. The van der Waals surface area contributed by atoms with Crippen molar-refractivity contribution in [3.05, 3.63) is 42.5 Å². The lowest BCUT2D eigenvalue weighted by Crippen LogP contribution is -2.46. The zero-order valence-electron chi connectivity index (χ0n) is 15.6. The van der Waals surface area contributed by atoms with Gasteiger partial charge in [-0.1, -0.05) is 18.2 Å². The highest BCUT2D eigenvalue weighted by Crippen LogP contribution is 2.31. The highest BCUT2D eigenvalue weighted by atomic mass is 16.6. The Balaban J connectivity index is 1.36. The number of morpholine rings is 1. The van der Waals surface area contributed by atoms with Gasteiger partial charge in [-0.2, -0.15) is 0 Å². The number of hydrogen-bond donors (Lipinski definition) is 0. The summed E-state index contributed by atoms with van der Waals surface area (Å²) >= 11 is 0. The van der Waals surface area contributed by atoms with Crippen LogP contribution < -0.4 is 4.74 Å². The van der Waals surface area contributed by atoms with Crippen LogP contribution in [0.2, 0.25) is 0 Å². The number of carbonyl (C=O) groups is 2. The van der Waals surface area contributed by atoms with Crippen LogP contribution in [0.5, 0.6) is 5.75 Å². The molecule has 1 unspecified atom stereocenters. The summed E-state index contributed by atoms with van der Waals surface area (Å²) in [7, 11) is 0. The number of rotatable bonds is 5. The van der Waals surface area contributed by atoms with Gasteiger partial charge in [-0.3, -0.25) is 4.79 Å². The lowest BCUT2D eigenvalue weighted by atomic mass is 10.1. The van der Waals surface area contributed by atoms with Gasteiger partial charge in [0.15, 0.2) is 12.7 Å². The molecule has 1 amide bonds. The second-order valence-electron chi connectivity index (χ2n) is 6.61. The van der Waals surface area contributed by atoms with Gasteiger partial charge in [-0.15, -0.1) is 0 Å². The molecule has 1 aliphatic rings. The minimum Gasteiger partial charge on any atom is -0.482 e. The van der Waals surface area contributed by atoms with Gasteiger partial charge in [-0.05, 0) is 31.2 Å². The van der Waals surface area contributed by atoms with E-state index in [0.29, 0.717) is 32.1 Å². The molecule has 2 aromatic carbocycles. The van der Waals surface area contributed by atoms with Gasteiger partial charge >= 0.3 is 5.97 Å². The van der Waals surface area contributed by atoms with Gasteiger partial charge in [0.2, 0.25) is 0 Å². The summed E-state index contributed by atoms with van der Waals surface area (Å²) in [6, 6.07) is 13.1. The molecule has 0 radical (unpaired) electrons. The summed E-state index contributed by atoms with van der Waals surface area (Å²) in [5.74, 6) is -0.280. The molecule has 1 aromatic heterocycles. The van der Waals surface area contributed by atoms with Crippen LogP contribution in [0.1, 0.15) is 6.92 Å². The number of esters is 1. The van der Waals surface area contributed by atoms with E-state index in [1.165, 1.54) is 0 Å². The Morgan fingerprint density at radius 1 is 1.07 bits per heavy atom. The smallest absolute Gasteiger partial charge is 0.344 e. The zero-order valence-corrected chi connectivity index (χ0v) is 15.6. The second kappa shape index (κ2) is 7.90. The zero-order chi connectivity index (χ0) is 19.5. The topological polar surface area (TPSA) is 78.2 Å². The standard InChI is InChI=1S/C21H21NO6/c1-14(21(24)22-8-10-25-11-9-22)27-20(23)13-26-15-6-7-19-17(12-15)16-4-2-3-5-18(16)28-19/h2-7,12,14H,8-11,13H2,1H3. The van der Waals surface area contributed by atoms with Gasteiger partial charge in [-0.25, -0.2) is 4.79 Å². The molecule has 0 N–H and O–H groups in total. The van der Waals surface area contributed by atoms with Crippen molar-refractivity contribution >= 4 is 33.8 Å². The molecule has 28 heavy (non-hydrogen) atoms. The van der Waals surface area contributed by atoms with Gasteiger partial charge in [0, 0.05) is 23.9 Å². The van der Waals surface area contributed by atoms with Crippen LogP contribution in [0.25, 0.3) is 21.9 Å². The molecule has 146 valence electrons. The summed E-state index contributed by atoms with van der Waals surface area (Å²) in [6.45, 7) is 3.31. The van der Waals surface area contributed by atoms with Crippen molar-refractivity contribution in [3.63, 3.8) is 0 Å². The largest absolute Gasteiger partial charge is 0.482 e. The predicted octanol–water partition coefficient (Wildman–Crippen LogP) is 2.76. The SMILES string of the molecule is CC(OC(=O)COc1ccc2oc3ccccc3c2c1)C(=O)N1CCOCC1. The van der Waals surface area contributed by atoms with Crippen molar-refractivity contribution in [1.82, 2.24) is 4.90 Å². The molecule has 4 rings (SSSR count). The first-order valence-electron chi connectivity index (χ1n) is 9.22. The molecule has 0 saturated carbocycles. The van der Waals surface area contributed by atoms with Crippen molar-refractivity contribution in [2.45, 2.75) is 13.0 Å². The molecule has 7 heteroatoms. The molecule has 0 bridgehead atoms. The lowest BCUT2D eigenvalue weighted by molar-refractivity contribution is -0.162. The fourth-order valence-corrected chi connectivity index (χ4v) is 3.26. The van der Waals surface area contributed by atoms with Crippen LogP contribution in [-0.4, -0.2) is 55.8 Å². The first kappa shape index (κ1) is 18.3. The van der Waals surface area contributed by atoms with Crippen LogP contribution in [0, 0.1) is 0 Å². The molecular weight excluding hydrogens is 362 g/mol. The number of nitrogens with zero attached hydrogens (tertiary/aromatic N) is 1. The number of ether oxygens (including phenoxy) is 3. The normalized spacial score (nSPS) is 15.5. The lowest BCUT2D eigenvalue weighted by Gasteiger charge is -2.28. The Morgan fingerprint density at radius 3 is 2.64 bits per heavy atom. The number of benzene rings is 2. The maximum absolute atomic E-state index is 12.3. The van der Waals surface area contributed by atoms with E-state index in [1.54, 1.807) is 24.0 Å². The molecule has 2 heterocycles. The van der Waals surface area contributed by atoms with E-state index in [2.05, 4.69) is 0 Å². The van der Waals surface area contributed by atoms with E-state index in [9.17, 15) is 9.59 Å². The van der Waals surface area contributed by atoms with Crippen LogP contribution in [0.3, 0.4) is 0 Å². The fraction of sp³-hybridized carbons (Fsp3) is 0.333. The molecule has 0 aliphatic carbocycles. The number of carbonyl (C=O) groups excluding carboxylic acids is 2. The van der Waals surface area contributed by atoms with Crippen molar-refractivity contribution in [2.24, 2.45) is 0 Å². The molecule has 1 saturated heterocycles. The number of amides is 1. The van der Waals surface area contributed by atoms with Crippen molar-refractivity contribution in [3.8, 4) is 5.75 Å². The Kier molecular flexibility index (Phi) is 5.16. The van der Waals surface area contributed by atoms with Crippen LogP contribution in [0.15, 0.2) is 46.9 Å². The number of fused-ring (bicyclic) bond motifs is 3. The minimum absolute atomic E-state index is 0.220. The van der Waals surface area contributed by atoms with Gasteiger partial charge < -0.3 is 23.5 Å².